The predicted octanol–water partition coefficient (Wildman–Crippen LogP) is 2.77. The van der Waals surface area contributed by atoms with Gasteiger partial charge < -0.3 is 20.4 Å². The van der Waals surface area contributed by atoms with Crippen molar-refractivity contribution in [2.75, 3.05) is 19.4 Å². The summed E-state index contributed by atoms with van der Waals surface area (Å²) in [6.07, 6.45) is 0. The fraction of sp³-hybridized carbons (Fsp3) is 0.250. The molecule has 3 N–H and O–H groups in total. The number of anilines is 1. The van der Waals surface area contributed by atoms with E-state index in [0.29, 0.717) is 6.54 Å². The second kappa shape index (κ2) is 6.30. The largest absolute Gasteiger partial charge is 0.504 e. The van der Waals surface area contributed by atoms with Crippen molar-refractivity contribution in [1.82, 2.24) is 4.90 Å². The van der Waals surface area contributed by atoms with Crippen LogP contribution in [0.2, 0.25) is 0 Å². The molecule has 0 aromatic heterocycles. The second-order valence-corrected chi connectivity index (χ2v) is 5.11. The van der Waals surface area contributed by atoms with E-state index in [4.69, 9.17) is 0 Å². The van der Waals surface area contributed by atoms with Gasteiger partial charge in [-0.05, 0) is 49.5 Å². The van der Waals surface area contributed by atoms with Crippen LogP contribution in [0.5, 0.6) is 11.5 Å². The summed E-state index contributed by atoms with van der Waals surface area (Å²) in [5.41, 5.74) is 3.21. The Morgan fingerprint density at radius 2 is 1.55 bits per heavy atom. The number of nitrogens with one attached hydrogen (secondary N) is 1. The zero-order valence-corrected chi connectivity index (χ0v) is 11.8. The Bertz CT molecular complexity index is 565. The molecule has 4 heteroatoms. The number of benzene rings is 2. The Balaban J connectivity index is 1.95. The van der Waals surface area contributed by atoms with Gasteiger partial charge in [0, 0.05) is 18.8 Å². The molecule has 4 nitrogen and oxygen atoms in total. The average Bonchev–Trinajstić information content (AvgIpc) is 2.41. The van der Waals surface area contributed by atoms with Gasteiger partial charge in [0.25, 0.3) is 0 Å². The van der Waals surface area contributed by atoms with Crippen LogP contribution in [-0.4, -0.2) is 29.2 Å². The summed E-state index contributed by atoms with van der Waals surface area (Å²) in [4.78, 5) is 2.13. The summed E-state index contributed by atoms with van der Waals surface area (Å²) in [7, 11) is 4.09. The lowest BCUT2D eigenvalue weighted by Gasteiger charge is -2.11. The Morgan fingerprint density at radius 3 is 2.15 bits per heavy atom. The van der Waals surface area contributed by atoms with Crippen molar-refractivity contribution >= 4 is 5.69 Å². The molecular weight excluding hydrogens is 252 g/mol. The molecule has 0 radical (unpaired) electrons. The number of aromatic hydroxyl groups is 2. The topological polar surface area (TPSA) is 55.7 Å². The van der Waals surface area contributed by atoms with Gasteiger partial charge in [0.1, 0.15) is 0 Å². The van der Waals surface area contributed by atoms with E-state index in [1.807, 2.05) is 26.2 Å². The number of hydrogen-bond donors (Lipinski definition) is 3. The molecule has 0 aliphatic heterocycles. The summed E-state index contributed by atoms with van der Waals surface area (Å²) in [6.45, 7) is 1.52. The van der Waals surface area contributed by atoms with Crippen LogP contribution >= 0.6 is 0 Å². The SMILES string of the molecule is CN(C)Cc1ccc(NCc2ccc(O)c(O)c2)cc1. The molecular formula is C16H20N2O2. The van der Waals surface area contributed by atoms with E-state index in [1.54, 1.807) is 12.1 Å². The zero-order chi connectivity index (χ0) is 14.5. The highest BCUT2D eigenvalue weighted by Gasteiger charge is 2.01. The van der Waals surface area contributed by atoms with E-state index in [1.165, 1.54) is 11.6 Å². The second-order valence-electron chi connectivity index (χ2n) is 5.11. The molecule has 0 saturated carbocycles. The van der Waals surface area contributed by atoms with Gasteiger partial charge in [-0.15, -0.1) is 0 Å². The summed E-state index contributed by atoms with van der Waals surface area (Å²) >= 11 is 0. The maximum absolute atomic E-state index is 9.44. The fourth-order valence-corrected chi connectivity index (χ4v) is 1.98. The standard InChI is InChI=1S/C16H20N2O2/c1-18(2)11-12-3-6-14(7-4-12)17-10-13-5-8-15(19)16(20)9-13/h3-9,17,19-20H,10-11H2,1-2H3. The zero-order valence-electron chi connectivity index (χ0n) is 11.8. The first-order chi connectivity index (χ1) is 9.54. The predicted molar refractivity (Wildman–Crippen MR) is 80.9 cm³/mol. The van der Waals surface area contributed by atoms with Gasteiger partial charge in [-0.2, -0.15) is 0 Å². The number of hydrogen-bond acceptors (Lipinski definition) is 4. The van der Waals surface area contributed by atoms with Crippen molar-refractivity contribution in [2.24, 2.45) is 0 Å². The van der Waals surface area contributed by atoms with Crippen molar-refractivity contribution in [3.8, 4) is 11.5 Å². The number of rotatable bonds is 5. The minimum absolute atomic E-state index is 0.0920. The van der Waals surface area contributed by atoms with Crippen LogP contribution in [0.4, 0.5) is 5.69 Å². The first-order valence-electron chi connectivity index (χ1n) is 6.53. The number of phenolic OH excluding ortho intramolecular Hbond substituents is 2. The lowest BCUT2D eigenvalue weighted by molar-refractivity contribution is 0.402. The minimum Gasteiger partial charge on any atom is -0.504 e. The van der Waals surface area contributed by atoms with E-state index in [0.717, 1.165) is 17.8 Å². The van der Waals surface area contributed by atoms with Crippen LogP contribution in [0, 0.1) is 0 Å². The summed E-state index contributed by atoms with van der Waals surface area (Å²) in [6, 6.07) is 13.1. The average molecular weight is 272 g/mol. The van der Waals surface area contributed by atoms with Gasteiger partial charge in [-0.1, -0.05) is 18.2 Å². The van der Waals surface area contributed by atoms with Crippen molar-refractivity contribution in [3.63, 3.8) is 0 Å². The van der Waals surface area contributed by atoms with Crippen LogP contribution in [0.25, 0.3) is 0 Å². The summed E-state index contributed by atoms with van der Waals surface area (Å²) in [5, 5.41) is 22.0. The molecule has 0 bridgehead atoms. The molecule has 0 unspecified atom stereocenters. The van der Waals surface area contributed by atoms with Crippen molar-refractivity contribution in [1.29, 1.82) is 0 Å². The molecule has 0 heterocycles. The fourth-order valence-electron chi connectivity index (χ4n) is 1.98. The van der Waals surface area contributed by atoms with Crippen molar-refractivity contribution in [2.45, 2.75) is 13.1 Å². The highest BCUT2D eigenvalue weighted by atomic mass is 16.3. The Hall–Kier alpha value is -2.20. The molecule has 20 heavy (non-hydrogen) atoms. The maximum Gasteiger partial charge on any atom is 0.157 e. The molecule has 0 aliphatic rings. The van der Waals surface area contributed by atoms with Gasteiger partial charge in [0.05, 0.1) is 0 Å². The first kappa shape index (κ1) is 14.2. The van der Waals surface area contributed by atoms with Crippen molar-refractivity contribution < 1.29 is 10.2 Å². The smallest absolute Gasteiger partial charge is 0.157 e. The number of nitrogens with zero attached hydrogens (tertiary/aromatic N) is 1. The Morgan fingerprint density at radius 1 is 0.900 bits per heavy atom. The van der Waals surface area contributed by atoms with Gasteiger partial charge in [-0.25, -0.2) is 0 Å². The quantitative estimate of drug-likeness (QED) is 0.733. The molecule has 0 atom stereocenters. The molecule has 0 spiro atoms. The lowest BCUT2D eigenvalue weighted by atomic mass is 10.1. The minimum atomic E-state index is -0.0956. The van der Waals surface area contributed by atoms with E-state index >= 15 is 0 Å². The molecule has 0 aliphatic carbocycles. The van der Waals surface area contributed by atoms with Gasteiger partial charge in [0.2, 0.25) is 0 Å². The molecule has 2 aromatic rings. The molecule has 2 aromatic carbocycles. The number of phenols is 2. The molecule has 0 amide bonds. The first-order valence-corrected chi connectivity index (χ1v) is 6.53. The maximum atomic E-state index is 9.44. The highest BCUT2D eigenvalue weighted by molar-refractivity contribution is 5.46. The summed E-state index contributed by atoms with van der Waals surface area (Å²) < 4.78 is 0. The van der Waals surface area contributed by atoms with Crippen LogP contribution in [0.15, 0.2) is 42.5 Å². The molecule has 0 fully saturated rings. The van der Waals surface area contributed by atoms with E-state index in [-0.39, 0.29) is 11.5 Å². The van der Waals surface area contributed by atoms with E-state index in [2.05, 4.69) is 22.3 Å². The third-order valence-corrected chi connectivity index (χ3v) is 2.99. The van der Waals surface area contributed by atoms with Gasteiger partial charge >= 0.3 is 0 Å². The van der Waals surface area contributed by atoms with Crippen molar-refractivity contribution in [3.05, 3.63) is 53.6 Å². The third kappa shape index (κ3) is 3.90. The van der Waals surface area contributed by atoms with Gasteiger partial charge in [-0.3, -0.25) is 0 Å². The molecule has 0 saturated heterocycles. The van der Waals surface area contributed by atoms with Crippen LogP contribution < -0.4 is 5.32 Å². The lowest BCUT2D eigenvalue weighted by Crippen LogP contribution is -2.10. The normalized spacial score (nSPS) is 10.8. The van der Waals surface area contributed by atoms with Crippen LogP contribution in [0.1, 0.15) is 11.1 Å². The van der Waals surface area contributed by atoms with E-state index < -0.39 is 0 Å². The molecule has 106 valence electrons. The Labute approximate surface area is 119 Å². The van der Waals surface area contributed by atoms with Gasteiger partial charge in [0.15, 0.2) is 11.5 Å². The monoisotopic (exact) mass is 272 g/mol. The molecule has 2 rings (SSSR count). The Kier molecular flexibility index (Phi) is 4.48. The highest BCUT2D eigenvalue weighted by Crippen LogP contribution is 2.25. The van der Waals surface area contributed by atoms with Crippen LogP contribution in [-0.2, 0) is 13.1 Å². The van der Waals surface area contributed by atoms with Crippen LogP contribution in [0.3, 0.4) is 0 Å². The summed E-state index contributed by atoms with van der Waals surface area (Å²) in [5.74, 6) is -0.188. The van der Waals surface area contributed by atoms with E-state index in [9.17, 15) is 10.2 Å². The third-order valence-electron chi connectivity index (χ3n) is 2.99.